The predicted molar refractivity (Wildman–Crippen MR) is 130 cm³/mol. The maximum absolute atomic E-state index is 13.1. The van der Waals surface area contributed by atoms with E-state index in [1.54, 1.807) is 29.4 Å². The van der Waals surface area contributed by atoms with E-state index >= 15 is 0 Å². The van der Waals surface area contributed by atoms with Crippen molar-refractivity contribution in [3.05, 3.63) is 76.9 Å². The van der Waals surface area contributed by atoms with Crippen LogP contribution in [0.25, 0.3) is 10.6 Å². The number of aromatic nitrogens is 2. The van der Waals surface area contributed by atoms with Gasteiger partial charge in [0.1, 0.15) is 0 Å². The molecule has 4 rings (SSSR count). The van der Waals surface area contributed by atoms with Gasteiger partial charge >= 0.3 is 12.0 Å². The van der Waals surface area contributed by atoms with E-state index in [4.69, 9.17) is 4.74 Å². The van der Waals surface area contributed by atoms with Crippen LogP contribution < -0.4 is 5.32 Å². The first-order chi connectivity index (χ1) is 16.1. The Morgan fingerprint density at radius 3 is 2.70 bits per heavy atom. The highest BCUT2D eigenvalue weighted by Gasteiger charge is 2.37. The molecule has 3 heterocycles. The van der Waals surface area contributed by atoms with E-state index in [1.807, 2.05) is 60.8 Å². The summed E-state index contributed by atoms with van der Waals surface area (Å²) in [5.74, 6) is -0.0826. The van der Waals surface area contributed by atoms with E-state index in [0.29, 0.717) is 28.7 Å². The van der Waals surface area contributed by atoms with Crippen LogP contribution in [0.15, 0.2) is 76.5 Å². The standard InChI is InChI=1S/C24H24N4O3S2/c1-3-28-18(15-33-23-25-13-12-17(26-23)19-11-8-14-32-19)20(22(29)31-4-2)21(27-24(28)30)16-9-6-5-7-10-16/h5-14,21H,3-4,15H2,1-2H3,(H,27,30)/t21-/m1/s1. The largest absolute Gasteiger partial charge is 0.463 e. The Hall–Kier alpha value is -3.17. The molecule has 0 fully saturated rings. The molecule has 0 saturated heterocycles. The number of hydrogen-bond acceptors (Lipinski definition) is 7. The highest BCUT2D eigenvalue weighted by atomic mass is 32.2. The van der Waals surface area contributed by atoms with Crippen molar-refractivity contribution in [3.8, 4) is 10.6 Å². The minimum atomic E-state index is -0.588. The van der Waals surface area contributed by atoms with Gasteiger partial charge in [-0.2, -0.15) is 0 Å². The first-order valence-corrected chi connectivity index (χ1v) is 12.5. The smallest absolute Gasteiger partial charge is 0.338 e. The summed E-state index contributed by atoms with van der Waals surface area (Å²) >= 11 is 3.00. The van der Waals surface area contributed by atoms with Gasteiger partial charge in [-0.15, -0.1) is 11.3 Å². The summed E-state index contributed by atoms with van der Waals surface area (Å²) in [6, 6.07) is 14.5. The molecule has 1 aliphatic rings. The molecule has 9 heteroatoms. The number of benzene rings is 1. The molecule has 1 aromatic carbocycles. The normalized spacial score (nSPS) is 16.0. The van der Waals surface area contributed by atoms with Crippen molar-refractivity contribution in [1.82, 2.24) is 20.2 Å². The lowest BCUT2D eigenvalue weighted by atomic mass is 9.95. The lowest BCUT2D eigenvalue weighted by Gasteiger charge is -2.36. The van der Waals surface area contributed by atoms with Crippen molar-refractivity contribution in [2.75, 3.05) is 18.9 Å². The minimum Gasteiger partial charge on any atom is -0.463 e. The van der Waals surface area contributed by atoms with Crippen LogP contribution in [-0.4, -0.2) is 45.8 Å². The zero-order valence-corrected chi connectivity index (χ0v) is 20.0. The van der Waals surface area contributed by atoms with E-state index in [2.05, 4.69) is 15.3 Å². The predicted octanol–water partition coefficient (Wildman–Crippen LogP) is 4.90. The third kappa shape index (κ3) is 5.09. The van der Waals surface area contributed by atoms with Gasteiger partial charge in [-0.05, 0) is 36.9 Å². The van der Waals surface area contributed by atoms with Crippen molar-refractivity contribution in [2.24, 2.45) is 0 Å². The highest BCUT2D eigenvalue weighted by Crippen LogP contribution is 2.34. The summed E-state index contributed by atoms with van der Waals surface area (Å²) in [5, 5.41) is 5.55. The van der Waals surface area contributed by atoms with Gasteiger partial charge in [0, 0.05) is 24.2 Å². The second kappa shape index (κ2) is 10.6. The number of thiophene rings is 1. The quantitative estimate of drug-likeness (QED) is 0.280. The molecule has 7 nitrogen and oxygen atoms in total. The van der Waals surface area contributed by atoms with Crippen LogP contribution in [0.1, 0.15) is 25.5 Å². The van der Waals surface area contributed by atoms with Gasteiger partial charge in [-0.25, -0.2) is 19.6 Å². The number of esters is 1. The molecule has 0 saturated carbocycles. The molecule has 0 aliphatic carbocycles. The third-order valence-corrected chi connectivity index (χ3v) is 6.89. The molecule has 1 aliphatic heterocycles. The molecule has 3 aromatic rings. The topological polar surface area (TPSA) is 84.4 Å². The molecule has 0 bridgehead atoms. The number of rotatable bonds is 8. The average Bonchev–Trinajstić information content (AvgIpc) is 3.38. The molecule has 0 unspecified atom stereocenters. The Labute approximate surface area is 200 Å². The number of nitrogens with zero attached hydrogens (tertiary/aromatic N) is 3. The summed E-state index contributed by atoms with van der Waals surface area (Å²) in [5.41, 5.74) is 2.72. The molecule has 0 radical (unpaired) electrons. The second-order valence-corrected chi connectivity index (χ2v) is 9.00. The molecule has 2 aromatic heterocycles. The third-order valence-electron chi connectivity index (χ3n) is 5.13. The van der Waals surface area contributed by atoms with Crippen LogP contribution in [0.4, 0.5) is 4.79 Å². The van der Waals surface area contributed by atoms with Crippen LogP contribution in [0.2, 0.25) is 0 Å². The number of carbonyl (C=O) groups excluding carboxylic acids is 2. The zero-order chi connectivity index (χ0) is 23.2. The lowest BCUT2D eigenvalue weighted by molar-refractivity contribution is -0.139. The molecule has 1 N–H and O–H groups in total. The number of carbonyl (C=O) groups is 2. The fraction of sp³-hybridized carbons (Fsp3) is 0.250. The molecule has 1 atom stereocenters. The first-order valence-electron chi connectivity index (χ1n) is 10.6. The molecule has 0 spiro atoms. The van der Waals surface area contributed by atoms with Gasteiger partial charge in [0.2, 0.25) is 0 Å². The Kier molecular flexibility index (Phi) is 7.41. The number of thioether (sulfide) groups is 1. The van der Waals surface area contributed by atoms with E-state index in [1.165, 1.54) is 11.8 Å². The Morgan fingerprint density at radius 2 is 2.00 bits per heavy atom. The molecular formula is C24H24N4O3S2. The Morgan fingerprint density at radius 1 is 1.18 bits per heavy atom. The molecule has 33 heavy (non-hydrogen) atoms. The van der Waals surface area contributed by atoms with Crippen LogP contribution in [0.5, 0.6) is 0 Å². The number of hydrogen-bond donors (Lipinski definition) is 1. The van der Waals surface area contributed by atoms with Gasteiger partial charge in [-0.1, -0.05) is 48.2 Å². The Bertz CT molecular complexity index is 1150. The van der Waals surface area contributed by atoms with Crippen molar-refractivity contribution < 1.29 is 14.3 Å². The maximum Gasteiger partial charge on any atom is 0.338 e. The van der Waals surface area contributed by atoms with Crippen molar-refractivity contribution in [1.29, 1.82) is 0 Å². The van der Waals surface area contributed by atoms with Crippen molar-refractivity contribution in [2.45, 2.75) is 25.0 Å². The fourth-order valence-corrected chi connectivity index (χ4v) is 5.21. The van der Waals surface area contributed by atoms with E-state index in [0.717, 1.165) is 16.1 Å². The Balaban J connectivity index is 1.71. The van der Waals surface area contributed by atoms with Gasteiger partial charge in [0.05, 0.1) is 28.8 Å². The summed E-state index contributed by atoms with van der Waals surface area (Å²) in [6.07, 6.45) is 1.73. The van der Waals surface area contributed by atoms with Gasteiger partial charge in [0.25, 0.3) is 0 Å². The SMILES string of the molecule is CCOC(=O)C1=C(CSc2nccc(-c3cccs3)n2)N(CC)C(=O)N[C@@H]1c1ccccc1. The average molecular weight is 481 g/mol. The monoisotopic (exact) mass is 480 g/mol. The number of ether oxygens (including phenoxy) is 1. The van der Waals surface area contributed by atoms with Crippen LogP contribution in [0, 0.1) is 0 Å². The number of urea groups is 1. The maximum atomic E-state index is 13.1. The van der Waals surface area contributed by atoms with Crippen molar-refractivity contribution in [3.63, 3.8) is 0 Å². The molecule has 170 valence electrons. The van der Waals surface area contributed by atoms with Crippen LogP contribution >= 0.6 is 23.1 Å². The summed E-state index contributed by atoms with van der Waals surface area (Å²) in [6.45, 7) is 4.32. The summed E-state index contributed by atoms with van der Waals surface area (Å²) < 4.78 is 5.40. The van der Waals surface area contributed by atoms with Gasteiger partial charge in [0.15, 0.2) is 5.16 Å². The van der Waals surface area contributed by atoms with E-state index in [-0.39, 0.29) is 12.6 Å². The van der Waals surface area contributed by atoms with Gasteiger partial charge < -0.3 is 10.1 Å². The zero-order valence-electron chi connectivity index (χ0n) is 18.4. The number of amides is 2. The number of nitrogens with one attached hydrogen (secondary N) is 1. The van der Waals surface area contributed by atoms with Crippen LogP contribution in [-0.2, 0) is 9.53 Å². The second-order valence-electron chi connectivity index (χ2n) is 7.11. The molecular weight excluding hydrogens is 456 g/mol. The van der Waals surface area contributed by atoms with E-state index < -0.39 is 12.0 Å². The summed E-state index contributed by atoms with van der Waals surface area (Å²) in [4.78, 5) is 37.7. The summed E-state index contributed by atoms with van der Waals surface area (Å²) in [7, 11) is 0. The minimum absolute atomic E-state index is 0.246. The van der Waals surface area contributed by atoms with E-state index in [9.17, 15) is 9.59 Å². The van der Waals surface area contributed by atoms with Crippen LogP contribution in [0.3, 0.4) is 0 Å². The molecule has 2 amide bonds. The van der Waals surface area contributed by atoms with Gasteiger partial charge in [-0.3, -0.25) is 4.90 Å². The van der Waals surface area contributed by atoms with Crippen molar-refractivity contribution >= 4 is 35.1 Å². The lowest BCUT2D eigenvalue weighted by Crippen LogP contribution is -2.49. The fourth-order valence-electron chi connectivity index (χ4n) is 3.64. The highest BCUT2D eigenvalue weighted by molar-refractivity contribution is 7.99. The first kappa shape index (κ1) is 23.0.